The minimum Gasteiger partial charge on any atom is -0.273 e. The second kappa shape index (κ2) is 5.24. The Labute approximate surface area is 111 Å². The number of hydrogen-bond donors (Lipinski definition) is 1. The second-order valence-corrected chi connectivity index (χ2v) is 4.67. The van der Waals surface area contributed by atoms with Crippen molar-refractivity contribution in [3.05, 3.63) is 35.5 Å². The highest BCUT2D eigenvalue weighted by atomic mass is 32.2. The van der Waals surface area contributed by atoms with Crippen LogP contribution >= 0.6 is 11.8 Å². The Morgan fingerprint density at radius 1 is 1.21 bits per heavy atom. The van der Waals surface area contributed by atoms with Gasteiger partial charge in [-0.1, -0.05) is 12.1 Å². The van der Waals surface area contributed by atoms with E-state index in [-0.39, 0.29) is 5.69 Å². The molecule has 2 aromatic rings. The van der Waals surface area contributed by atoms with Crippen LogP contribution in [0.1, 0.15) is 11.3 Å². The van der Waals surface area contributed by atoms with E-state index < -0.39 is 24.1 Å². The molecule has 102 valence electrons. The lowest BCUT2D eigenvalue weighted by Crippen LogP contribution is -2.08. The molecular weight excluding hydrogens is 280 g/mol. The molecule has 0 bridgehead atoms. The van der Waals surface area contributed by atoms with Gasteiger partial charge in [0.1, 0.15) is 12.4 Å². The van der Waals surface area contributed by atoms with Crippen LogP contribution in [0.5, 0.6) is 0 Å². The number of alkyl halides is 4. The van der Waals surface area contributed by atoms with Gasteiger partial charge in [0.05, 0.1) is 5.69 Å². The molecule has 2 nitrogen and oxygen atoms in total. The fraction of sp³-hybridized carbons (Fsp3) is 0.250. The highest BCUT2D eigenvalue weighted by Gasteiger charge is 2.37. The van der Waals surface area contributed by atoms with Crippen LogP contribution in [-0.2, 0) is 12.9 Å². The van der Waals surface area contributed by atoms with Crippen LogP contribution in [-0.4, -0.2) is 16.5 Å². The summed E-state index contributed by atoms with van der Waals surface area (Å²) in [7, 11) is 0. The molecule has 0 saturated carbocycles. The minimum absolute atomic E-state index is 0.00229. The largest absolute Gasteiger partial charge is 0.433 e. The zero-order valence-electron chi connectivity index (χ0n) is 9.88. The molecule has 0 atom stereocenters. The molecule has 0 aliphatic heterocycles. The number of H-pyrrole nitrogens is 1. The molecule has 2 rings (SSSR count). The van der Waals surface area contributed by atoms with E-state index in [2.05, 4.69) is 5.10 Å². The molecule has 0 radical (unpaired) electrons. The number of thioether (sulfide) groups is 1. The predicted octanol–water partition coefficient (Wildman–Crippen LogP) is 4.29. The van der Waals surface area contributed by atoms with Gasteiger partial charge in [0, 0.05) is 16.0 Å². The summed E-state index contributed by atoms with van der Waals surface area (Å²) < 4.78 is 50.8. The first-order valence-electron chi connectivity index (χ1n) is 5.32. The van der Waals surface area contributed by atoms with Crippen molar-refractivity contribution < 1.29 is 17.6 Å². The van der Waals surface area contributed by atoms with E-state index in [9.17, 15) is 17.6 Å². The first kappa shape index (κ1) is 13.9. The van der Waals surface area contributed by atoms with Crippen LogP contribution < -0.4 is 0 Å². The van der Waals surface area contributed by atoms with Gasteiger partial charge >= 0.3 is 6.18 Å². The molecule has 0 amide bonds. The molecule has 0 fully saturated rings. The number of nitrogens with zero attached hydrogens (tertiary/aromatic N) is 1. The van der Waals surface area contributed by atoms with Crippen LogP contribution in [0.4, 0.5) is 17.6 Å². The number of rotatable bonds is 3. The number of benzene rings is 1. The Morgan fingerprint density at radius 3 is 2.32 bits per heavy atom. The second-order valence-electron chi connectivity index (χ2n) is 3.79. The van der Waals surface area contributed by atoms with E-state index in [0.29, 0.717) is 5.56 Å². The van der Waals surface area contributed by atoms with Crippen LogP contribution in [0.3, 0.4) is 0 Å². The van der Waals surface area contributed by atoms with Gasteiger partial charge in [-0.25, -0.2) is 4.39 Å². The molecule has 0 spiro atoms. The molecule has 0 saturated heterocycles. The summed E-state index contributed by atoms with van der Waals surface area (Å²) in [4.78, 5) is 0.970. The van der Waals surface area contributed by atoms with Crippen LogP contribution in [0.2, 0.25) is 0 Å². The molecule has 7 heteroatoms. The fourth-order valence-electron chi connectivity index (χ4n) is 1.72. The zero-order valence-corrected chi connectivity index (χ0v) is 10.7. The first-order chi connectivity index (χ1) is 8.97. The molecule has 19 heavy (non-hydrogen) atoms. The monoisotopic (exact) mass is 290 g/mol. The number of aromatic nitrogens is 2. The summed E-state index contributed by atoms with van der Waals surface area (Å²) in [6, 6.07) is 6.76. The molecular formula is C12H10F4N2S. The molecule has 0 unspecified atom stereocenters. The molecule has 0 aliphatic rings. The van der Waals surface area contributed by atoms with Crippen LogP contribution in [0.15, 0.2) is 29.2 Å². The van der Waals surface area contributed by atoms with Crippen molar-refractivity contribution >= 4 is 11.8 Å². The maximum Gasteiger partial charge on any atom is 0.433 e. The van der Waals surface area contributed by atoms with Crippen molar-refractivity contribution in [1.82, 2.24) is 10.2 Å². The SMILES string of the molecule is CSc1ccc(-c2n[nH]c(C(F)(F)F)c2CF)cc1. The minimum atomic E-state index is -4.63. The average molecular weight is 290 g/mol. The van der Waals surface area contributed by atoms with E-state index in [4.69, 9.17) is 0 Å². The Balaban J connectivity index is 2.47. The molecule has 0 aliphatic carbocycles. The Kier molecular flexibility index (Phi) is 3.84. The fourth-order valence-corrected chi connectivity index (χ4v) is 2.13. The van der Waals surface area contributed by atoms with Gasteiger partial charge in [-0.15, -0.1) is 11.8 Å². The van der Waals surface area contributed by atoms with Gasteiger partial charge < -0.3 is 0 Å². The standard InChI is InChI=1S/C12H10F4N2S/c1-19-8-4-2-7(3-5-8)10-9(6-13)11(18-17-10)12(14,15)16/h2-5H,6H2,1H3,(H,17,18). The van der Waals surface area contributed by atoms with Crippen molar-refractivity contribution in [3.8, 4) is 11.3 Å². The average Bonchev–Trinajstić information content (AvgIpc) is 2.82. The van der Waals surface area contributed by atoms with Crippen molar-refractivity contribution in [1.29, 1.82) is 0 Å². The van der Waals surface area contributed by atoms with E-state index >= 15 is 0 Å². The summed E-state index contributed by atoms with van der Waals surface area (Å²) in [6.07, 6.45) is -2.75. The van der Waals surface area contributed by atoms with Gasteiger partial charge in [0.2, 0.25) is 0 Å². The summed E-state index contributed by atoms with van der Waals surface area (Å²) >= 11 is 1.51. The lowest BCUT2D eigenvalue weighted by atomic mass is 10.1. The third-order valence-corrected chi connectivity index (χ3v) is 3.39. The van der Waals surface area contributed by atoms with Gasteiger partial charge in [-0.05, 0) is 18.4 Å². The van der Waals surface area contributed by atoms with Crippen molar-refractivity contribution in [2.45, 2.75) is 17.7 Å². The highest BCUT2D eigenvalue weighted by Crippen LogP contribution is 2.35. The van der Waals surface area contributed by atoms with E-state index in [1.165, 1.54) is 11.8 Å². The van der Waals surface area contributed by atoms with Crippen LogP contribution in [0.25, 0.3) is 11.3 Å². The van der Waals surface area contributed by atoms with Crippen molar-refractivity contribution in [2.24, 2.45) is 0 Å². The summed E-state index contributed by atoms with van der Waals surface area (Å²) in [6.45, 7) is -1.22. The number of nitrogens with one attached hydrogen (secondary N) is 1. The van der Waals surface area contributed by atoms with Crippen LogP contribution in [0, 0.1) is 0 Å². The van der Waals surface area contributed by atoms with E-state index in [0.717, 1.165) is 4.90 Å². The summed E-state index contributed by atoms with van der Waals surface area (Å²) in [5.74, 6) is 0. The maximum atomic E-state index is 12.9. The lowest BCUT2D eigenvalue weighted by Gasteiger charge is -2.06. The van der Waals surface area contributed by atoms with Crippen molar-refractivity contribution in [2.75, 3.05) is 6.26 Å². The Bertz CT molecular complexity index is 560. The Morgan fingerprint density at radius 2 is 1.84 bits per heavy atom. The summed E-state index contributed by atoms with van der Waals surface area (Å²) in [5.41, 5.74) is -1.12. The topological polar surface area (TPSA) is 28.7 Å². The number of hydrogen-bond acceptors (Lipinski definition) is 2. The predicted molar refractivity (Wildman–Crippen MR) is 65.6 cm³/mol. The van der Waals surface area contributed by atoms with Gasteiger partial charge in [-0.2, -0.15) is 18.3 Å². The first-order valence-corrected chi connectivity index (χ1v) is 6.54. The smallest absolute Gasteiger partial charge is 0.273 e. The Hall–Kier alpha value is -1.50. The van der Waals surface area contributed by atoms with Gasteiger partial charge in [-0.3, -0.25) is 5.10 Å². The number of halogens is 4. The van der Waals surface area contributed by atoms with Gasteiger partial charge in [0.15, 0.2) is 0 Å². The lowest BCUT2D eigenvalue weighted by molar-refractivity contribution is -0.142. The molecule has 1 heterocycles. The van der Waals surface area contributed by atoms with Crippen molar-refractivity contribution in [3.63, 3.8) is 0 Å². The number of aromatic amines is 1. The highest BCUT2D eigenvalue weighted by molar-refractivity contribution is 7.98. The van der Waals surface area contributed by atoms with E-state index in [1.807, 2.05) is 11.4 Å². The summed E-state index contributed by atoms with van der Waals surface area (Å²) in [5, 5.41) is 5.46. The zero-order chi connectivity index (χ0) is 14.0. The maximum absolute atomic E-state index is 12.9. The molecule has 1 aromatic heterocycles. The quantitative estimate of drug-likeness (QED) is 0.675. The normalized spacial score (nSPS) is 11.8. The molecule has 1 aromatic carbocycles. The third-order valence-electron chi connectivity index (χ3n) is 2.65. The van der Waals surface area contributed by atoms with E-state index in [1.54, 1.807) is 24.3 Å². The third kappa shape index (κ3) is 2.75. The molecule has 1 N–H and O–H groups in total. The van der Waals surface area contributed by atoms with Gasteiger partial charge in [0.25, 0.3) is 0 Å².